The molecular formula is C14H21NO5. The molecule has 0 radical (unpaired) electrons. The van der Waals surface area contributed by atoms with Crippen LogP contribution in [0.3, 0.4) is 0 Å². The quantitative estimate of drug-likeness (QED) is 0.644. The summed E-state index contributed by atoms with van der Waals surface area (Å²) in [6.45, 7) is 2.75. The van der Waals surface area contributed by atoms with Crippen LogP contribution in [0.2, 0.25) is 0 Å². The zero-order valence-corrected chi connectivity index (χ0v) is 11.6. The maximum Gasteiger partial charge on any atom is 0.231 e. The molecule has 0 bridgehead atoms. The number of hydrogen-bond acceptors (Lipinski definition) is 6. The van der Waals surface area contributed by atoms with Gasteiger partial charge in [-0.1, -0.05) is 6.07 Å². The van der Waals surface area contributed by atoms with Crippen LogP contribution in [0.5, 0.6) is 11.5 Å². The lowest BCUT2D eigenvalue weighted by Crippen LogP contribution is -2.30. The number of nitrogens with one attached hydrogen (secondary N) is 1. The van der Waals surface area contributed by atoms with Gasteiger partial charge in [0.05, 0.1) is 25.9 Å². The summed E-state index contributed by atoms with van der Waals surface area (Å²) in [5, 5.41) is 12.9. The molecule has 0 fully saturated rings. The average Bonchev–Trinajstić information content (AvgIpc) is 2.91. The van der Waals surface area contributed by atoms with Crippen molar-refractivity contribution in [3.63, 3.8) is 0 Å². The second-order valence-corrected chi connectivity index (χ2v) is 4.54. The van der Waals surface area contributed by atoms with Crippen LogP contribution < -0.4 is 14.8 Å². The molecule has 0 saturated carbocycles. The van der Waals surface area contributed by atoms with Crippen LogP contribution in [0.4, 0.5) is 0 Å². The lowest BCUT2D eigenvalue weighted by Gasteiger charge is -2.12. The van der Waals surface area contributed by atoms with Crippen molar-refractivity contribution in [1.82, 2.24) is 5.32 Å². The molecule has 1 aromatic carbocycles. The minimum absolute atomic E-state index is 0.281. The summed E-state index contributed by atoms with van der Waals surface area (Å²) < 4.78 is 20.7. The minimum Gasteiger partial charge on any atom is -0.454 e. The fourth-order valence-corrected chi connectivity index (χ4v) is 1.85. The first kappa shape index (κ1) is 15.1. The van der Waals surface area contributed by atoms with Crippen molar-refractivity contribution < 1.29 is 24.1 Å². The van der Waals surface area contributed by atoms with Gasteiger partial charge in [-0.15, -0.1) is 0 Å². The van der Waals surface area contributed by atoms with Gasteiger partial charge in [0, 0.05) is 20.2 Å². The minimum atomic E-state index is -0.527. The highest BCUT2D eigenvalue weighted by atomic mass is 16.7. The fraction of sp³-hybridized carbons (Fsp3) is 0.571. The summed E-state index contributed by atoms with van der Waals surface area (Å²) in [4.78, 5) is 0. The van der Waals surface area contributed by atoms with Gasteiger partial charge in [0.25, 0.3) is 0 Å². The highest BCUT2D eigenvalue weighted by Gasteiger charge is 2.13. The van der Waals surface area contributed by atoms with E-state index in [0.29, 0.717) is 32.9 Å². The SMILES string of the molecule is COCCOCC(O)CNCc1ccc2c(c1)OCO2. The Bertz CT molecular complexity index is 413. The number of aliphatic hydroxyl groups is 1. The first-order chi connectivity index (χ1) is 9.79. The third-order valence-corrected chi connectivity index (χ3v) is 2.89. The highest BCUT2D eigenvalue weighted by molar-refractivity contribution is 5.44. The third kappa shape index (κ3) is 4.64. The molecule has 1 aromatic rings. The Labute approximate surface area is 118 Å². The fourth-order valence-electron chi connectivity index (χ4n) is 1.85. The van der Waals surface area contributed by atoms with Crippen molar-refractivity contribution in [3.05, 3.63) is 23.8 Å². The van der Waals surface area contributed by atoms with Crippen LogP contribution in [-0.2, 0) is 16.0 Å². The number of benzene rings is 1. The molecule has 0 aliphatic carbocycles. The number of aliphatic hydroxyl groups excluding tert-OH is 1. The maximum absolute atomic E-state index is 9.71. The van der Waals surface area contributed by atoms with Crippen molar-refractivity contribution in [3.8, 4) is 11.5 Å². The van der Waals surface area contributed by atoms with E-state index in [1.807, 2.05) is 18.2 Å². The lowest BCUT2D eigenvalue weighted by molar-refractivity contribution is 0.0137. The molecule has 1 unspecified atom stereocenters. The number of rotatable bonds is 9. The van der Waals surface area contributed by atoms with Crippen LogP contribution in [0, 0.1) is 0 Å². The molecule has 2 rings (SSSR count). The number of fused-ring (bicyclic) bond motifs is 1. The Morgan fingerprint density at radius 1 is 1.30 bits per heavy atom. The van der Waals surface area contributed by atoms with E-state index in [1.165, 1.54) is 0 Å². The van der Waals surface area contributed by atoms with Crippen LogP contribution >= 0.6 is 0 Å². The summed E-state index contributed by atoms with van der Waals surface area (Å²) in [5.74, 6) is 1.55. The summed E-state index contributed by atoms with van der Waals surface area (Å²) in [6.07, 6.45) is -0.527. The van der Waals surface area contributed by atoms with Crippen molar-refractivity contribution in [2.24, 2.45) is 0 Å². The van der Waals surface area contributed by atoms with Gasteiger partial charge >= 0.3 is 0 Å². The van der Waals surface area contributed by atoms with Gasteiger partial charge in [-0.3, -0.25) is 0 Å². The first-order valence-electron chi connectivity index (χ1n) is 6.63. The van der Waals surface area contributed by atoms with E-state index < -0.39 is 6.10 Å². The van der Waals surface area contributed by atoms with Crippen molar-refractivity contribution in [2.75, 3.05) is 40.3 Å². The molecular weight excluding hydrogens is 262 g/mol. The van der Waals surface area contributed by atoms with Crippen molar-refractivity contribution in [2.45, 2.75) is 12.6 Å². The van der Waals surface area contributed by atoms with E-state index in [1.54, 1.807) is 7.11 Å². The Morgan fingerprint density at radius 2 is 2.15 bits per heavy atom. The van der Waals surface area contributed by atoms with Crippen LogP contribution in [0.1, 0.15) is 5.56 Å². The van der Waals surface area contributed by atoms with Crippen LogP contribution in [0.25, 0.3) is 0 Å². The summed E-state index contributed by atoms with van der Waals surface area (Å²) in [5.41, 5.74) is 1.08. The Morgan fingerprint density at radius 3 is 3.00 bits per heavy atom. The largest absolute Gasteiger partial charge is 0.454 e. The Balaban J connectivity index is 1.63. The zero-order valence-electron chi connectivity index (χ0n) is 11.6. The van der Waals surface area contributed by atoms with Gasteiger partial charge < -0.3 is 29.4 Å². The smallest absolute Gasteiger partial charge is 0.231 e. The lowest BCUT2D eigenvalue weighted by atomic mass is 10.2. The second-order valence-electron chi connectivity index (χ2n) is 4.54. The molecule has 1 aliphatic heterocycles. The molecule has 0 saturated heterocycles. The van der Waals surface area contributed by atoms with E-state index in [4.69, 9.17) is 18.9 Å². The molecule has 112 valence electrons. The molecule has 20 heavy (non-hydrogen) atoms. The molecule has 1 heterocycles. The second kappa shape index (κ2) is 8.06. The maximum atomic E-state index is 9.71. The van der Waals surface area contributed by atoms with Crippen LogP contribution in [-0.4, -0.2) is 51.5 Å². The van der Waals surface area contributed by atoms with Gasteiger partial charge in [0.15, 0.2) is 11.5 Å². The molecule has 0 amide bonds. The van der Waals surface area contributed by atoms with Gasteiger partial charge in [-0.05, 0) is 17.7 Å². The first-order valence-corrected chi connectivity index (χ1v) is 6.63. The van der Waals surface area contributed by atoms with E-state index in [9.17, 15) is 5.11 Å². The molecule has 1 atom stereocenters. The number of hydrogen-bond donors (Lipinski definition) is 2. The molecule has 0 aromatic heterocycles. The number of ether oxygens (including phenoxy) is 4. The van der Waals surface area contributed by atoms with Gasteiger partial charge in [0.1, 0.15) is 0 Å². The zero-order chi connectivity index (χ0) is 14.2. The molecule has 1 aliphatic rings. The molecule has 2 N–H and O–H groups in total. The predicted molar refractivity (Wildman–Crippen MR) is 73.0 cm³/mol. The van der Waals surface area contributed by atoms with Gasteiger partial charge in [0.2, 0.25) is 6.79 Å². The standard InChI is InChI=1S/C14H21NO5/c1-17-4-5-18-9-12(16)8-15-7-11-2-3-13-14(6-11)20-10-19-13/h2-3,6,12,15-16H,4-5,7-10H2,1H3. The average molecular weight is 283 g/mol. The van der Waals surface area contributed by atoms with Gasteiger partial charge in [-0.25, -0.2) is 0 Å². The van der Waals surface area contributed by atoms with E-state index in [0.717, 1.165) is 17.1 Å². The van der Waals surface area contributed by atoms with Gasteiger partial charge in [-0.2, -0.15) is 0 Å². The summed E-state index contributed by atoms with van der Waals surface area (Å²) in [6, 6.07) is 5.81. The monoisotopic (exact) mass is 283 g/mol. The third-order valence-electron chi connectivity index (χ3n) is 2.89. The van der Waals surface area contributed by atoms with Crippen molar-refractivity contribution >= 4 is 0 Å². The topological polar surface area (TPSA) is 69.2 Å². The van der Waals surface area contributed by atoms with Crippen LogP contribution in [0.15, 0.2) is 18.2 Å². The van der Waals surface area contributed by atoms with E-state index in [-0.39, 0.29) is 6.79 Å². The molecule has 6 nitrogen and oxygen atoms in total. The summed E-state index contributed by atoms with van der Waals surface area (Å²) >= 11 is 0. The summed E-state index contributed by atoms with van der Waals surface area (Å²) in [7, 11) is 1.62. The Kier molecular flexibility index (Phi) is 6.07. The van der Waals surface area contributed by atoms with Crippen molar-refractivity contribution in [1.29, 1.82) is 0 Å². The van der Waals surface area contributed by atoms with E-state index in [2.05, 4.69) is 5.32 Å². The highest BCUT2D eigenvalue weighted by Crippen LogP contribution is 2.32. The predicted octanol–water partition coefficient (Wildman–Crippen LogP) is 0.529. The molecule has 6 heteroatoms. The normalized spacial score (nSPS) is 14.5. The Hall–Kier alpha value is -1.34. The van der Waals surface area contributed by atoms with E-state index >= 15 is 0 Å². The molecule has 0 spiro atoms. The number of methoxy groups -OCH3 is 1.